The first-order valence-corrected chi connectivity index (χ1v) is 13.0. The van der Waals surface area contributed by atoms with Crippen LogP contribution >= 0.6 is 0 Å². The normalized spacial score (nSPS) is 16.4. The average Bonchev–Trinajstić information content (AvgIpc) is 3.61. The minimum atomic E-state index is -0.299. The number of aromatic amines is 1. The van der Waals surface area contributed by atoms with Gasteiger partial charge in [0.1, 0.15) is 0 Å². The van der Waals surface area contributed by atoms with Crippen LogP contribution in [-0.4, -0.2) is 76.0 Å². The van der Waals surface area contributed by atoms with Gasteiger partial charge in [-0.25, -0.2) is 0 Å². The highest BCUT2D eigenvalue weighted by Crippen LogP contribution is 2.24. The monoisotopic (exact) mass is 498 g/mol. The Balaban J connectivity index is 1.05. The molecule has 4 aromatic rings. The van der Waals surface area contributed by atoms with Crippen molar-refractivity contribution in [2.75, 3.05) is 44.2 Å². The maximum atomic E-state index is 13.0. The maximum absolute atomic E-state index is 13.0. The van der Waals surface area contributed by atoms with Gasteiger partial charge in [-0.05, 0) is 55.2 Å². The average molecular weight is 499 g/mol. The third-order valence-corrected chi connectivity index (χ3v) is 7.39. The molecule has 0 radical (unpaired) electrons. The summed E-state index contributed by atoms with van der Waals surface area (Å²) in [7, 11) is 0. The third-order valence-electron chi connectivity index (χ3n) is 7.39. The smallest absolute Gasteiger partial charge is 0.316 e. The van der Waals surface area contributed by atoms with E-state index in [-0.39, 0.29) is 17.7 Å². The first kappa shape index (κ1) is 23.3. The lowest BCUT2D eigenvalue weighted by molar-refractivity contribution is -0.131. The van der Waals surface area contributed by atoms with E-state index in [1.54, 1.807) is 4.90 Å². The number of carbonyl (C=O) groups is 2. The number of hydrogen-bond donors (Lipinski definition) is 1. The van der Waals surface area contributed by atoms with E-state index in [0.29, 0.717) is 38.4 Å². The van der Waals surface area contributed by atoms with Crippen molar-refractivity contribution in [3.8, 4) is 11.4 Å². The molecular weight excluding hydrogens is 468 g/mol. The molecule has 0 spiro atoms. The van der Waals surface area contributed by atoms with Gasteiger partial charge in [0, 0.05) is 67.6 Å². The van der Waals surface area contributed by atoms with Gasteiger partial charge in [-0.3, -0.25) is 9.59 Å². The largest absolute Gasteiger partial charge is 0.372 e. The Morgan fingerprint density at radius 1 is 0.865 bits per heavy atom. The van der Waals surface area contributed by atoms with Gasteiger partial charge < -0.3 is 24.2 Å². The number of hydrogen-bond acceptors (Lipinski definition) is 6. The molecule has 37 heavy (non-hydrogen) atoms. The van der Waals surface area contributed by atoms with Crippen molar-refractivity contribution in [3.05, 3.63) is 66.2 Å². The molecule has 2 aliphatic rings. The van der Waals surface area contributed by atoms with Gasteiger partial charge in [0.15, 0.2) is 0 Å². The van der Waals surface area contributed by atoms with Gasteiger partial charge in [-0.15, -0.1) is 0 Å². The Labute approximate surface area is 215 Å². The van der Waals surface area contributed by atoms with Crippen LogP contribution in [0, 0.1) is 0 Å². The fraction of sp³-hybridized carbons (Fsp3) is 0.357. The molecule has 190 valence electrons. The highest BCUT2D eigenvalue weighted by molar-refractivity contribution is 5.91. The van der Waals surface area contributed by atoms with Gasteiger partial charge in [0.05, 0.1) is 6.42 Å². The number of amides is 2. The van der Waals surface area contributed by atoms with Crippen molar-refractivity contribution in [1.29, 1.82) is 0 Å². The van der Waals surface area contributed by atoms with Crippen LogP contribution in [0.1, 0.15) is 35.5 Å². The predicted octanol–water partition coefficient (Wildman–Crippen LogP) is 3.74. The van der Waals surface area contributed by atoms with E-state index in [1.165, 1.54) is 24.9 Å². The quantitative estimate of drug-likeness (QED) is 0.450. The van der Waals surface area contributed by atoms with Crippen LogP contribution in [0.2, 0.25) is 0 Å². The lowest BCUT2D eigenvalue weighted by Gasteiger charge is -2.34. The number of carbonyl (C=O) groups excluding carboxylic acids is 2. The Morgan fingerprint density at radius 2 is 1.59 bits per heavy atom. The fourth-order valence-corrected chi connectivity index (χ4v) is 5.25. The van der Waals surface area contributed by atoms with Crippen LogP contribution in [0.3, 0.4) is 0 Å². The SMILES string of the molecule is O=C(Cc1c[nH]c2ccccc12)N1CCN(C(=O)c2nc(-c3ccc(N4CCCCC4)cc3)no2)CC1. The van der Waals surface area contributed by atoms with Crippen molar-refractivity contribution < 1.29 is 14.1 Å². The molecule has 2 saturated heterocycles. The number of anilines is 1. The Morgan fingerprint density at radius 3 is 2.38 bits per heavy atom. The molecular formula is C28H30N6O3. The van der Waals surface area contributed by atoms with Crippen LogP contribution in [-0.2, 0) is 11.2 Å². The first-order chi connectivity index (χ1) is 18.2. The minimum absolute atomic E-state index is 0.0197. The highest BCUT2D eigenvalue weighted by atomic mass is 16.5. The summed E-state index contributed by atoms with van der Waals surface area (Å²) in [6.07, 6.45) is 5.98. The van der Waals surface area contributed by atoms with Crippen molar-refractivity contribution in [2.45, 2.75) is 25.7 Å². The number of rotatable bonds is 5. The molecule has 9 heteroatoms. The van der Waals surface area contributed by atoms with Gasteiger partial charge >= 0.3 is 11.8 Å². The van der Waals surface area contributed by atoms with Crippen LogP contribution in [0.4, 0.5) is 5.69 Å². The van der Waals surface area contributed by atoms with E-state index in [2.05, 4.69) is 32.2 Å². The summed E-state index contributed by atoms with van der Waals surface area (Å²) >= 11 is 0. The summed E-state index contributed by atoms with van der Waals surface area (Å²) in [5.41, 5.74) is 4.02. The molecule has 4 heterocycles. The van der Waals surface area contributed by atoms with E-state index in [4.69, 9.17) is 4.52 Å². The van der Waals surface area contributed by atoms with Crippen molar-refractivity contribution in [1.82, 2.24) is 24.9 Å². The van der Waals surface area contributed by atoms with Gasteiger partial charge in [0.25, 0.3) is 0 Å². The summed E-state index contributed by atoms with van der Waals surface area (Å²) in [6.45, 7) is 3.99. The molecule has 0 aliphatic carbocycles. The summed E-state index contributed by atoms with van der Waals surface area (Å²) < 4.78 is 5.32. The summed E-state index contributed by atoms with van der Waals surface area (Å²) in [6, 6.07) is 16.1. The van der Waals surface area contributed by atoms with Crippen molar-refractivity contribution in [2.24, 2.45) is 0 Å². The Kier molecular flexibility index (Phi) is 6.34. The zero-order chi connectivity index (χ0) is 25.2. The van der Waals surface area contributed by atoms with E-state index < -0.39 is 0 Å². The fourth-order valence-electron chi connectivity index (χ4n) is 5.25. The highest BCUT2D eigenvalue weighted by Gasteiger charge is 2.28. The molecule has 0 saturated carbocycles. The number of nitrogens with zero attached hydrogens (tertiary/aromatic N) is 5. The lowest BCUT2D eigenvalue weighted by atomic mass is 10.1. The van der Waals surface area contributed by atoms with E-state index in [0.717, 1.165) is 35.1 Å². The number of benzene rings is 2. The molecule has 6 rings (SSSR count). The molecule has 2 fully saturated rings. The predicted molar refractivity (Wildman–Crippen MR) is 140 cm³/mol. The molecule has 2 aromatic carbocycles. The van der Waals surface area contributed by atoms with E-state index >= 15 is 0 Å². The topological polar surface area (TPSA) is 98.6 Å². The maximum Gasteiger partial charge on any atom is 0.316 e. The van der Waals surface area contributed by atoms with Gasteiger partial charge in [-0.2, -0.15) is 4.98 Å². The second kappa shape index (κ2) is 10.1. The lowest BCUT2D eigenvalue weighted by Crippen LogP contribution is -2.51. The first-order valence-electron chi connectivity index (χ1n) is 13.0. The molecule has 2 amide bonds. The Bertz CT molecular complexity index is 1390. The molecule has 1 N–H and O–H groups in total. The number of piperidine rings is 1. The summed E-state index contributed by atoms with van der Waals surface area (Å²) in [4.78, 5) is 39.4. The third kappa shape index (κ3) is 4.81. The van der Waals surface area contributed by atoms with Crippen molar-refractivity contribution in [3.63, 3.8) is 0 Å². The second-order valence-electron chi connectivity index (χ2n) is 9.73. The summed E-state index contributed by atoms with van der Waals surface area (Å²) in [5.74, 6) is 0.145. The van der Waals surface area contributed by atoms with Gasteiger partial charge in [0.2, 0.25) is 11.7 Å². The summed E-state index contributed by atoms with van der Waals surface area (Å²) in [5, 5.41) is 5.11. The van der Waals surface area contributed by atoms with E-state index in [1.807, 2.05) is 47.5 Å². The van der Waals surface area contributed by atoms with Crippen LogP contribution < -0.4 is 4.90 Å². The number of para-hydroxylation sites is 1. The van der Waals surface area contributed by atoms with E-state index in [9.17, 15) is 9.59 Å². The number of nitrogens with one attached hydrogen (secondary N) is 1. The number of aromatic nitrogens is 3. The zero-order valence-corrected chi connectivity index (χ0v) is 20.7. The van der Waals surface area contributed by atoms with Crippen molar-refractivity contribution >= 4 is 28.4 Å². The molecule has 9 nitrogen and oxygen atoms in total. The standard InChI is InChI=1S/C28H30N6O3/c35-25(18-21-19-29-24-7-3-2-6-23(21)24)33-14-16-34(17-15-33)28(36)27-30-26(31-37-27)20-8-10-22(11-9-20)32-12-4-1-5-13-32/h2-3,6-11,19,29H,1,4-5,12-18H2. The van der Waals surface area contributed by atoms with Crippen LogP contribution in [0.5, 0.6) is 0 Å². The van der Waals surface area contributed by atoms with Crippen LogP contribution in [0.25, 0.3) is 22.3 Å². The van der Waals surface area contributed by atoms with Crippen LogP contribution in [0.15, 0.2) is 59.3 Å². The van der Waals surface area contributed by atoms with Gasteiger partial charge in [-0.1, -0.05) is 23.4 Å². The molecule has 2 aromatic heterocycles. The number of piperazine rings is 1. The minimum Gasteiger partial charge on any atom is -0.372 e. The Hall–Kier alpha value is -4.14. The number of H-pyrrole nitrogens is 1. The number of fused-ring (bicyclic) bond motifs is 1. The molecule has 0 unspecified atom stereocenters. The second-order valence-corrected chi connectivity index (χ2v) is 9.73. The molecule has 0 bridgehead atoms. The molecule has 0 atom stereocenters. The molecule has 2 aliphatic heterocycles. The zero-order valence-electron chi connectivity index (χ0n) is 20.7.